The molecule has 0 fully saturated rings. The molecule has 0 radical (unpaired) electrons. The number of likely N-dealkylation sites (N-methyl/N-ethyl adjacent to an activating group) is 1. The summed E-state index contributed by atoms with van der Waals surface area (Å²) in [5.41, 5.74) is 2.92. The summed E-state index contributed by atoms with van der Waals surface area (Å²) in [5.74, 6) is -0.976. The molecule has 4 N–H and O–H groups in total. The van der Waals surface area contributed by atoms with E-state index in [1.807, 2.05) is 0 Å². The van der Waals surface area contributed by atoms with E-state index in [2.05, 4.69) is 47.2 Å². The van der Waals surface area contributed by atoms with E-state index in [0.717, 1.165) is 19.6 Å². The topological polar surface area (TPSA) is 135 Å². The van der Waals surface area contributed by atoms with Crippen LogP contribution in [-0.2, 0) is 14.6 Å². The molecule has 0 bridgehead atoms. The summed E-state index contributed by atoms with van der Waals surface area (Å²) in [7, 11) is -3.77. The molecule has 0 saturated heterocycles. The van der Waals surface area contributed by atoms with Gasteiger partial charge in [-0.05, 0) is 69.3 Å². The Balaban J connectivity index is 2.38. The van der Waals surface area contributed by atoms with Crippen LogP contribution in [0.15, 0.2) is 82.0 Å². The van der Waals surface area contributed by atoms with Gasteiger partial charge in [-0.1, -0.05) is 32.1 Å². The molecule has 9 nitrogen and oxygen atoms in total. The van der Waals surface area contributed by atoms with Gasteiger partial charge in [0.2, 0.25) is 0 Å². The number of carbonyl (C=O) groups is 1. The Bertz CT molecular complexity index is 1350. The highest BCUT2D eigenvalue weighted by Gasteiger charge is 2.24. The number of sulfone groups is 1. The fourth-order valence-corrected chi connectivity index (χ4v) is 5.67. The van der Waals surface area contributed by atoms with Crippen LogP contribution < -0.4 is 5.32 Å². The van der Waals surface area contributed by atoms with Gasteiger partial charge in [0.15, 0.2) is 15.7 Å². The van der Waals surface area contributed by atoms with Crippen molar-refractivity contribution in [3.05, 3.63) is 77.7 Å². The number of hydrogen-bond donors (Lipinski definition) is 4. The van der Waals surface area contributed by atoms with Gasteiger partial charge < -0.3 is 25.4 Å². The fourth-order valence-electron chi connectivity index (χ4n) is 4.29. The first-order valence-electron chi connectivity index (χ1n) is 13.3. The molecule has 1 unspecified atom stereocenters. The molecule has 40 heavy (non-hydrogen) atoms. The Labute approximate surface area is 238 Å². The van der Waals surface area contributed by atoms with E-state index >= 15 is 0 Å². The minimum Gasteiger partial charge on any atom is -0.494 e. The monoisotopic (exact) mass is 570 g/mol. The molecule has 1 amide bonds. The zero-order chi connectivity index (χ0) is 29.9. The molecule has 2 rings (SSSR count). The number of aromatic amines is 1. The van der Waals surface area contributed by atoms with Gasteiger partial charge in [-0.3, -0.25) is 9.79 Å². The molecule has 2 heterocycles. The molecule has 1 aliphatic heterocycles. The van der Waals surface area contributed by atoms with Gasteiger partial charge >= 0.3 is 0 Å². The van der Waals surface area contributed by atoms with Crippen molar-refractivity contribution in [3.8, 4) is 5.88 Å². The van der Waals surface area contributed by atoms with Crippen molar-refractivity contribution in [2.45, 2.75) is 39.0 Å². The number of carbonyl (C=O) groups excluding carboxylic acids is 1. The lowest BCUT2D eigenvalue weighted by Gasteiger charge is -2.18. The highest BCUT2D eigenvalue weighted by Crippen LogP contribution is 2.29. The van der Waals surface area contributed by atoms with E-state index in [9.17, 15) is 23.4 Å². The number of aliphatic hydroxyl groups is 1. The molecule has 1 atom stereocenters. The van der Waals surface area contributed by atoms with Crippen LogP contribution >= 0.6 is 0 Å². The predicted molar refractivity (Wildman–Crippen MR) is 161 cm³/mol. The van der Waals surface area contributed by atoms with Crippen LogP contribution in [0.1, 0.15) is 39.7 Å². The second-order valence-corrected chi connectivity index (χ2v) is 11.6. The van der Waals surface area contributed by atoms with Crippen molar-refractivity contribution in [2.24, 2.45) is 10.9 Å². The number of H-pyrrole nitrogens is 1. The third-order valence-electron chi connectivity index (χ3n) is 6.69. The number of aliphatic imine (C=N–C) groups is 1. The zero-order valence-electron chi connectivity index (χ0n) is 23.9. The first-order chi connectivity index (χ1) is 19.0. The van der Waals surface area contributed by atoms with Gasteiger partial charge in [0.25, 0.3) is 5.91 Å². The number of aromatic nitrogens is 1. The number of aliphatic hydroxyl groups excluding tert-OH is 1. The number of rotatable bonds is 14. The molecule has 0 aliphatic carbocycles. The van der Waals surface area contributed by atoms with E-state index in [1.54, 1.807) is 26.0 Å². The van der Waals surface area contributed by atoms with Crippen LogP contribution in [0, 0.1) is 5.92 Å². The normalized spacial score (nSPS) is 15.2. The maximum atomic E-state index is 13.2. The fraction of sp³-hybridized carbons (Fsp3) is 0.400. The molecule has 10 heteroatoms. The average molecular weight is 571 g/mol. The van der Waals surface area contributed by atoms with E-state index < -0.39 is 9.84 Å². The lowest BCUT2D eigenvalue weighted by atomic mass is 10.0. The van der Waals surface area contributed by atoms with Gasteiger partial charge in [-0.25, -0.2) is 8.42 Å². The standard InChI is InChI=1S/C30H42N4O5S/c1-7-24(19-35)17-21(4)20-40(38,39)26-11-10-14-31-29(36)25(12-13-26)18-27-22(5)28(23(6)33-27)30(37)32-15-16-34(8-2)9-3/h7,10-14,18,24,31,35-36H,1,4,8-9,15-17,19-20H2,2-3,5-6H3,(H,32,37). The molecule has 1 aromatic rings. The first-order valence-corrected chi connectivity index (χ1v) is 15.0. The van der Waals surface area contributed by atoms with E-state index in [1.165, 1.54) is 30.5 Å². The lowest BCUT2D eigenvalue weighted by molar-refractivity contribution is -0.117. The van der Waals surface area contributed by atoms with E-state index in [0.29, 0.717) is 41.1 Å². The Kier molecular flexibility index (Phi) is 12.6. The van der Waals surface area contributed by atoms with Gasteiger partial charge in [0.05, 0.1) is 27.6 Å². The summed E-state index contributed by atoms with van der Waals surface area (Å²) in [6.45, 7) is 18.1. The molecular weight excluding hydrogens is 528 g/mol. The first kappa shape index (κ1) is 32.7. The summed E-state index contributed by atoms with van der Waals surface area (Å²) in [6, 6.07) is 5.80. The van der Waals surface area contributed by atoms with Gasteiger partial charge in [-0.2, -0.15) is 0 Å². The van der Waals surface area contributed by atoms with Crippen LogP contribution in [0.2, 0.25) is 0 Å². The molecule has 0 saturated carbocycles. The van der Waals surface area contributed by atoms with Crippen molar-refractivity contribution in [1.29, 1.82) is 0 Å². The van der Waals surface area contributed by atoms with Crippen LogP contribution in [0.3, 0.4) is 0 Å². The van der Waals surface area contributed by atoms with Crippen molar-refractivity contribution in [1.82, 2.24) is 15.2 Å². The van der Waals surface area contributed by atoms with Crippen molar-refractivity contribution in [3.63, 3.8) is 0 Å². The Morgan fingerprint density at radius 2 is 1.93 bits per heavy atom. The molecule has 1 aliphatic rings. The maximum absolute atomic E-state index is 13.2. The Morgan fingerprint density at radius 1 is 1.23 bits per heavy atom. The zero-order valence-corrected chi connectivity index (χ0v) is 24.7. The lowest BCUT2D eigenvalue weighted by Crippen LogP contribution is -2.36. The summed E-state index contributed by atoms with van der Waals surface area (Å²) >= 11 is 0. The Morgan fingerprint density at radius 3 is 2.55 bits per heavy atom. The number of amides is 1. The maximum Gasteiger partial charge on any atom is 0.253 e. The van der Waals surface area contributed by atoms with Crippen molar-refractivity contribution in [2.75, 3.05) is 38.5 Å². The van der Waals surface area contributed by atoms with Crippen LogP contribution in [0.4, 0.5) is 0 Å². The molecule has 218 valence electrons. The molecule has 0 aromatic carbocycles. The van der Waals surface area contributed by atoms with E-state index in [4.69, 9.17) is 0 Å². The molecule has 0 spiro atoms. The largest absolute Gasteiger partial charge is 0.494 e. The summed E-state index contributed by atoms with van der Waals surface area (Å²) in [4.78, 5) is 22.4. The number of aromatic hydroxyl groups is 1. The SMILES string of the molecule is C=CC(CO)CC(=C)CS(=O)(=O)c1ccc[nH]c(O)c(C=C2N=C(C)C(C(=O)NCCN(CC)CC)=C2C)cc1. The third-order valence-corrected chi connectivity index (χ3v) is 8.46. The van der Waals surface area contributed by atoms with Crippen molar-refractivity contribution >= 4 is 27.5 Å². The van der Waals surface area contributed by atoms with Crippen LogP contribution in [0.5, 0.6) is 5.88 Å². The van der Waals surface area contributed by atoms with Gasteiger partial charge in [-0.15, -0.1) is 6.58 Å². The van der Waals surface area contributed by atoms with Gasteiger partial charge in [0, 0.05) is 37.4 Å². The minimum atomic E-state index is -3.77. The predicted octanol–water partition coefficient (Wildman–Crippen LogP) is 3.95. The highest BCUT2D eigenvalue weighted by molar-refractivity contribution is 7.91. The van der Waals surface area contributed by atoms with Crippen molar-refractivity contribution < 1.29 is 23.4 Å². The number of hydrogen-bond acceptors (Lipinski definition) is 7. The third kappa shape index (κ3) is 9.04. The summed E-state index contributed by atoms with van der Waals surface area (Å²) < 4.78 is 26.3. The summed E-state index contributed by atoms with van der Waals surface area (Å²) in [5, 5.41) is 23.0. The molecule has 1 aromatic heterocycles. The minimum absolute atomic E-state index is 0.0306. The molecular formula is C30H42N4O5S. The smallest absolute Gasteiger partial charge is 0.253 e. The highest BCUT2D eigenvalue weighted by atomic mass is 32.2. The van der Waals surface area contributed by atoms with Crippen LogP contribution in [-0.4, -0.2) is 78.7 Å². The number of nitrogens with one attached hydrogen (secondary N) is 2. The number of nitrogens with zero attached hydrogens (tertiary/aromatic N) is 2. The second kappa shape index (κ2) is 15.4. The van der Waals surface area contributed by atoms with Gasteiger partial charge in [0.1, 0.15) is 0 Å². The second-order valence-electron chi connectivity index (χ2n) is 9.61. The quantitative estimate of drug-likeness (QED) is 0.250. The summed E-state index contributed by atoms with van der Waals surface area (Å²) in [6.07, 6.45) is 4.90. The Hall–Kier alpha value is -3.47. The van der Waals surface area contributed by atoms with Crippen LogP contribution in [0.25, 0.3) is 6.08 Å². The van der Waals surface area contributed by atoms with E-state index in [-0.39, 0.29) is 40.5 Å². The average Bonchev–Trinajstić information content (AvgIpc) is 3.23. The number of allylic oxidation sites excluding steroid dienone is 1.